The molecule has 70 valence electrons. The minimum Gasteiger partial charge on any atom is -0.448 e. The van der Waals surface area contributed by atoms with E-state index < -0.39 is 0 Å². The molecule has 0 unspecified atom stereocenters. The van der Waals surface area contributed by atoms with Crippen molar-refractivity contribution < 1.29 is 9.53 Å². The SMILES string of the molecule is O=C(NC1CCCC1)OCCCl. The summed E-state index contributed by atoms with van der Waals surface area (Å²) in [5.41, 5.74) is 0. The van der Waals surface area contributed by atoms with E-state index in [0.717, 1.165) is 12.8 Å². The molecular weight excluding hydrogens is 178 g/mol. The fourth-order valence-electron chi connectivity index (χ4n) is 1.41. The number of carbonyl (C=O) groups excluding carboxylic acids is 1. The van der Waals surface area contributed by atoms with E-state index in [1.165, 1.54) is 12.8 Å². The lowest BCUT2D eigenvalue weighted by atomic mass is 10.3. The van der Waals surface area contributed by atoms with E-state index in [2.05, 4.69) is 5.32 Å². The van der Waals surface area contributed by atoms with Gasteiger partial charge in [0, 0.05) is 6.04 Å². The van der Waals surface area contributed by atoms with Crippen LogP contribution in [0, 0.1) is 0 Å². The first kappa shape index (κ1) is 9.65. The number of carbonyl (C=O) groups is 1. The second-order valence-electron chi connectivity index (χ2n) is 2.95. The maximum atomic E-state index is 11.0. The van der Waals surface area contributed by atoms with Crippen LogP contribution in [0.2, 0.25) is 0 Å². The standard InChI is InChI=1S/C8H14ClNO2/c9-5-6-12-8(11)10-7-3-1-2-4-7/h7H,1-6H2,(H,10,11). The van der Waals surface area contributed by atoms with E-state index in [9.17, 15) is 4.79 Å². The first-order chi connectivity index (χ1) is 5.83. The Bertz CT molecular complexity index is 146. The molecule has 0 aromatic carbocycles. The van der Waals surface area contributed by atoms with E-state index >= 15 is 0 Å². The summed E-state index contributed by atoms with van der Waals surface area (Å²) in [5.74, 6) is 0.359. The zero-order valence-electron chi connectivity index (χ0n) is 7.01. The van der Waals surface area contributed by atoms with Gasteiger partial charge in [0.15, 0.2) is 0 Å². The van der Waals surface area contributed by atoms with Crippen molar-refractivity contribution in [3.05, 3.63) is 0 Å². The molecule has 0 bridgehead atoms. The van der Waals surface area contributed by atoms with Gasteiger partial charge < -0.3 is 10.1 Å². The molecule has 0 aromatic rings. The van der Waals surface area contributed by atoms with Crippen LogP contribution in [0.1, 0.15) is 25.7 Å². The van der Waals surface area contributed by atoms with E-state index in [1.807, 2.05) is 0 Å². The molecule has 3 nitrogen and oxygen atoms in total. The summed E-state index contributed by atoms with van der Waals surface area (Å²) in [6.07, 6.45) is 4.25. The van der Waals surface area contributed by atoms with Crippen LogP contribution >= 0.6 is 11.6 Å². The third-order valence-electron chi connectivity index (χ3n) is 1.99. The average Bonchev–Trinajstić information content (AvgIpc) is 2.53. The predicted molar refractivity (Wildman–Crippen MR) is 47.5 cm³/mol. The molecule has 1 amide bonds. The van der Waals surface area contributed by atoms with Crippen molar-refractivity contribution in [2.75, 3.05) is 12.5 Å². The van der Waals surface area contributed by atoms with E-state index in [-0.39, 0.29) is 6.09 Å². The summed E-state index contributed by atoms with van der Waals surface area (Å²) in [5, 5.41) is 2.79. The number of hydrogen-bond acceptors (Lipinski definition) is 2. The zero-order chi connectivity index (χ0) is 8.81. The third kappa shape index (κ3) is 3.30. The second-order valence-corrected chi connectivity index (χ2v) is 3.33. The number of halogens is 1. The lowest BCUT2D eigenvalue weighted by Gasteiger charge is -2.10. The number of alkyl halides is 1. The maximum absolute atomic E-state index is 11.0. The van der Waals surface area contributed by atoms with Gasteiger partial charge in [-0.2, -0.15) is 0 Å². The number of nitrogens with one attached hydrogen (secondary N) is 1. The van der Waals surface area contributed by atoms with E-state index in [1.54, 1.807) is 0 Å². The Hall–Kier alpha value is -0.440. The first-order valence-corrected chi connectivity index (χ1v) is 4.85. The smallest absolute Gasteiger partial charge is 0.407 e. The van der Waals surface area contributed by atoms with Crippen molar-refractivity contribution in [3.8, 4) is 0 Å². The van der Waals surface area contributed by atoms with Gasteiger partial charge in [-0.15, -0.1) is 11.6 Å². The van der Waals surface area contributed by atoms with Crippen molar-refractivity contribution in [1.82, 2.24) is 5.32 Å². The minimum atomic E-state index is -0.331. The van der Waals surface area contributed by atoms with E-state index in [0.29, 0.717) is 18.5 Å². The van der Waals surface area contributed by atoms with Crippen molar-refractivity contribution in [2.45, 2.75) is 31.7 Å². The lowest BCUT2D eigenvalue weighted by Crippen LogP contribution is -2.33. The molecule has 0 spiro atoms. The molecule has 0 aliphatic heterocycles. The molecule has 12 heavy (non-hydrogen) atoms. The summed E-state index contributed by atoms with van der Waals surface area (Å²) in [6.45, 7) is 0.292. The minimum absolute atomic E-state index is 0.292. The Morgan fingerprint density at radius 1 is 1.50 bits per heavy atom. The van der Waals surface area contributed by atoms with Crippen LogP contribution in [-0.4, -0.2) is 24.6 Å². The highest BCUT2D eigenvalue weighted by Crippen LogP contribution is 2.17. The van der Waals surface area contributed by atoms with Gasteiger partial charge in [0.2, 0.25) is 0 Å². The van der Waals surface area contributed by atoms with Gasteiger partial charge in [-0.05, 0) is 12.8 Å². The predicted octanol–water partition coefficient (Wildman–Crippen LogP) is 1.89. The maximum Gasteiger partial charge on any atom is 0.407 e. The number of amides is 1. The highest BCUT2D eigenvalue weighted by atomic mass is 35.5. The van der Waals surface area contributed by atoms with Gasteiger partial charge in [-0.25, -0.2) is 4.79 Å². The van der Waals surface area contributed by atoms with Crippen molar-refractivity contribution in [2.24, 2.45) is 0 Å². The molecule has 0 aromatic heterocycles. The first-order valence-electron chi connectivity index (χ1n) is 4.32. The molecule has 0 radical (unpaired) electrons. The third-order valence-corrected chi connectivity index (χ3v) is 2.14. The second kappa shape index (κ2) is 5.25. The van der Waals surface area contributed by atoms with Crippen molar-refractivity contribution in [3.63, 3.8) is 0 Å². The van der Waals surface area contributed by atoms with Crippen LogP contribution in [0.25, 0.3) is 0 Å². The van der Waals surface area contributed by atoms with Crippen LogP contribution < -0.4 is 5.32 Å². The summed E-state index contributed by atoms with van der Waals surface area (Å²) in [7, 11) is 0. The topological polar surface area (TPSA) is 38.3 Å². The number of hydrogen-bond donors (Lipinski definition) is 1. The molecule has 1 aliphatic carbocycles. The monoisotopic (exact) mass is 191 g/mol. The lowest BCUT2D eigenvalue weighted by molar-refractivity contribution is 0.149. The summed E-state index contributed by atoms with van der Waals surface area (Å²) in [6, 6.07) is 0.327. The number of ether oxygens (including phenoxy) is 1. The normalized spacial score (nSPS) is 17.8. The molecule has 1 fully saturated rings. The summed E-state index contributed by atoms with van der Waals surface area (Å²) in [4.78, 5) is 11.0. The van der Waals surface area contributed by atoms with Gasteiger partial charge >= 0.3 is 6.09 Å². The fraction of sp³-hybridized carbons (Fsp3) is 0.875. The molecule has 1 saturated carbocycles. The summed E-state index contributed by atoms with van der Waals surface area (Å²) < 4.78 is 4.77. The van der Waals surface area contributed by atoms with Crippen molar-refractivity contribution >= 4 is 17.7 Å². The molecule has 4 heteroatoms. The average molecular weight is 192 g/mol. The molecule has 1 rings (SSSR count). The van der Waals surface area contributed by atoms with Crippen LogP contribution in [-0.2, 0) is 4.74 Å². The molecule has 0 heterocycles. The summed E-state index contributed by atoms with van der Waals surface area (Å²) >= 11 is 5.36. The largest absolute Gasteiger partial charge is 0.448 e. The van der Waals surface area contributed by atoms with Crippen LogP contribution in [0.15, 0.2) is 0 Å². The fourth-order valence-corrected chi connectivity index (χ4v) is 1.49. The number of rotatable bonds is 3. The highest BCUT2D eigenvalue weighted by Gasteiger charge is 2.17. The quantitative estimate of drug-likeness (QED) is 0.692. The Labute approximate surface area is 77.4 Å². The molecular formula is C8H14ClNO2. The molecule has 1 N–H and O–H groups in total. The zero-order valence-corrected chi connectivity index (χ0v) is 7.77. The Kier molecular flexibility index (Phi) is 4.22. The van der Waals surface area contributed by atoms with Gasteiger partial charge in [0.1, 0.15) is 6.61 Å². The molecule has 0 atom stereocenters. The van der Waals surface area contributed by atoms with Gasteiger partial charge in [-0.3, -0.25) is 0 Å². The Balaban J connectivity index is 2.08. The van der Waals surface area contributed by atoms with Crippen LogP contribution in [0.3, 0.4) is 0 Å². The van der Waals surface area contributed by atoms with Gasteiger partial charge in [-0.1, -0.05) is 12.8 Å². The molecule has 1 aliphatic rings. The van der Waals surface area contributed by atoms with Crippen molar-refractivity contribution in [1.29, 1.82) is 0 Å². The van der Waals surface area contributed by atoms with Crippen LogP contribution in [0.4, 0.5) is 4.79 Å². The Morgan fingerprint density at radius 3 is 2.75 bits per heavy atom. The van der Waals surface area contributed by atoms with Gasteiger partial charge in [0.25, 0.3) is 0 Å². The molecule has 0 saturated heterocycles. The number of alkyl carbamates (subject to hydrolysis) is 1. The van der Waals surface area contributed by atoms with E-state index in [4.69, 9.17) is 16.3 Å². The van der Waals surface area contributed by atoms with Crippen LogP contribution in [0.5, 0.6) is 0 Å². The van der Waals surface area contributed by atoms with Gasteiger partial charge in [0.05, 0.1) is 5.88 Å². The Morgan fingerprint density at radius 2 is 2.17 bits per heavy atom. The highest BCUT2D eigenvalue weighted by molar-refractivity contribution is 6.18.